The Bertz CT molecular complexity index is 48.1. The molecule has 0 rings (SSSR count). The van der Waals surface area contributed by atoms with Crippen molar-refractivity contribution in [1.82, 2.24) is 0 Å². The molecular weight excluding hydrogens is 66.0 g/mol. The summed E-state index contributed by atoms with van der Waals surface area (Å²) in [6, 6.07) is -0.454. The minimum atomic E-state index is -0.454. The lowest BCUT2D eigenvalue weighted by Crippen LogP contribution is -2.15. The van der Waals surface area contributed by atoms with Crippen LogP contribution in [0.2, 0.25) is 1.41 Å². The van der Waals surface area contributed by atoms with Crippen LogP contribution in [0.3, 0.4) is 0 Å². The summed E-state index contributed by atoms with van der Waals surface area (Å²) in [6.45, 7) is 1.56. The maximum atomic E-state index is 9.43. The highest BCUT2D eigenvalue weighted by Gasteiger charge is 1.81. The van der Waals surface area contributed by atoms with Gasteiger partial charge in [0.2, 0.25) is 6.29 Å². The van der Waals surface area contributed by atoms with E-state index in [1.165, 1.54) is 0 Å². The second-order valence-electron chi connectivity index (χ2n) is 0.840. The number of rotatable bonds is 2. The lowest BCUT2D eigenvalue weighted by atomic mass is 10.4. The van der Waals surface area contributed by atoms with Crippen molar-refractivity contribution in [2.75, 3.05) is 0 Å². The predicted octanol–water partition coefficient (Wildman–Crippen LogP) is -0.557. The zero-order valence-electron chi connectivity index (χ0n) is 3.99. The fraction of sp³-hybridized carbons (Fsp3) is 0.667. The Hall–Kier alpha value is -0.370. The van der Waals surface area contributed by atoms with E-state index in [2.05, 4.69) is 0 Å². The molecule has 0 bridgehead atoms. The van der Waals surface area contributed by atoms with Gasteiger partial charge in [-0.1, -0.05) is 0 Å². The first-order valence-electron chi connectivity index (χ1n) is 1.86. The SMILES string of the molecule is [2H]N[C@@H](C)[C]=O. The van der Waals surface area contributed by atoms with Crippen LogP contribution in [-0.4, -0.2) is 12.3 Å². The molecule has 0 aliphatic rings. The molecule has 0 aromatic carbocycles. The van der Waals surface area contributed by atoms with Crippen LogP contribution >= 0.6 is 0 Å². The summed E-state index contributed by atoms with van der Waals surface area (Å²) < 4.78 is 6.30. The molecule has 29 valence electrons. The Morgan fingerprint density at radius 1 is 2.40 bits per heavy atom. The van der Waals surface area contributed by atoms with E-state index in [-0.39, 0.29) is 0 Å². The fourth-order valence-electron chi connectivity index (χ4n) is 0. The van der Waals surface area contributed by atoms with E-state index in [0.29, 0.717) is 0 Å². The maximum absolute atomic E-state index is 9.43. The molecule has 2 N–H and O–H groups in total. The average molecular weight is 73.1 g/mol. The van der Waals surface area contributed by atoms with Gasteiger partial charge in [0.05, 0.1) is 6.04 Å². The van der Waals surface area contributed by atoms with Crippen molar-refractivity contribution >= 4 is 6.29 Å². The van der Waals surface area contributed by atoms with Crippen molar-refractivity contribution in [2.45, 2.75) is 13.0 Å². The van der Waals surface area contributed by atoms with Crippen LogP contribution in [0, 0.1) is 0 Å². The third-order valence-electron chi connectivity index (χ3n) is 0.177. The molecule has 1 radical (unpaired) electrons. The minimum absolute atomic E-state index is 0.454. The van der Waals surface area contributed by atoms with Gasteiger partial charge in [-0.3, -0.25) is 4.79 Å². The highest BCUT2D eigenvalue weighted by atomic mass is 16.1. The molecule has 2 nitrogen and oxygen atoms in total. The Morgan fingerprint density at radius 2 is 3.00 bits per heavy atom. The van der Waals surface area contributed by atoms with Gasteiger partial charge in [-0.25, -0.2) is 0 Å². The molecule has 1 atom stereocenters. The van der Waals surface area contributed by atoms with Gasteiger partial charge < -0.3 is 5.73 Å². The highest BCUT2D eigenvalue weighted by molar-refractivity contribution is 5.56. The molecule has 0 aromatic heterocycles. The van der Waals surface area contributed by atoms with Crippen LogP contribution in [0.4, 0.5) is 0 Å². The summed E-state index contributed by atoms with van der Waals surface area (Å²) >= 11 is 0. The molecule has 0 amide bonds. The van der Waals surface area contributed by atoms with E-state index in [9.17, 15) is 4.79 Å². The van der Waals surface area contributed by atoms with Gasteiger partial charge in [-0.15, -0.1) is 0 Å². The number of hydrogen-bond acceptors (Lipinski definition) is 2. The van der Waals surface area contributed by atoms with Crippen LogP contribution in [0.1, 0.15) is 6.92 Å². The molecule has 0 saturated carbocycles. The van der Waals surface area contributed by atoms with E-state index in [4.69, 9.17) is 1.41 Å². The van der Waals surface area contributed by atoms with Crippen molar-refractivity contribution in [1.29, 1.82) is 0 Å². The van der Waals surface area contributed by atoms with Gasteiger partial charge in [0, 0.05) is 0 Å². The van der Waals surface area contributed by atoms with Gasteiger partial charge in [-0.2, -0.15) is 0 Å². The maximum Gasteiger partial charge on any atom is 0.216 e. The predicted molar refractivity (Wildman–Crippen MR) is 19.3 cm³/mol. The smallest absolute Gasteiger partial charge is 0.216 e. The van der Waals surface area contributed by atoms with E-state index >= 15 is 0 Å². The Morgan fingerprint density at radius 3 is 3.00 bits per heavy atom. The van der Waals surface area contributed by atoms with E-state index in [1.807, 2.05) is 5.73 Å². The lowest BCUT2D eigenvalue weighted by molar-refractivity contribution is 0.546. The van der Waals surface area contributed by atoms with Crippen molar-refractivity contribution < 1.29 is 6.21 Å². The Balaban J connectivity index is 2.96. The number of carbonyl (C=O) groups excluding carboxylic acids is 1. The fourth-order valence-corrected chi connectivity index (χ4v) is 0. The quantitative estimate of drug-likeness (QED) is 0.476. The van der Waals surface area contributed by atoms with Gasteiger partial charge in [0.1, 0.15) is 1.41 Å². The zero-order chi connectivity index (χ0) is 4.99. The second kappa shape index (κ2) is 1.91. The highest BCUT2D eigenvalue weighted by Crippen LogP contribution is 1.55. The lowest BCUT2D eigenvalue weighted by Gasteiger charge is -1.79. The van der Waals surface area contributed by atoms with Gasteiger partial charge in [0.15, 0.2) is 0 Å². The topological polar surface area (TPSA) is 43.1 Å². The molecule has 0 spiro atoms. The van der Waals surface area contributed by atoms with Gasteiger partial charge >= 0.3 is 0 Å². The van der Waals surface area contributed by atoms with Crippen molar-refractivity contribution in [3.63, 3.8) is 0 Å². The Kier molecular flexibility index (Phi) is 1.08. The van der Waals surface area contributed by atoms with E-state index < -0.39 is 6.04 Å². The second-order valence-corrected chi connectivity index (χ2v) is 0.840. The van der Waals surface area contributed by atoms with Crippen LogP contribution in [0.15, 0.2) is 0 Å². The molecule has 0 aliphatic carbocycles. The summed E-state index contributed by atoms with van der Waals surface area (Å²) in [6.07, 6.45) is 1.57. The molecule has 0 saturated heterocycles. The van der Waals surface area contributed by atoms with Crippen LogP contribution < -0.4 is 5.73 Å². The first-order valence-corrected chi connectivity index (χ1v) is 1.36. The van der Waals surface area contributed by atoms with Crippen LogP contribution in [0.5, 0.6) is 0 Å². The van der Waals surface area contributed by atoms with Gasteiger partial charge in [0.25, 0.3) is 0 Å². The molecule has 0 unspecified atom stereocenters. The first-order chi connectivity index (χ1) is 2.81. The summed E-state index contributed by atoms with van der Waals surface area (Å²) in [5, 5.41) is 0. The zero-order valence-corrected chi connectivity index (χ0v) is 2.99. The summed E-state index contributed by atoms with van der Waals surface area (Å²) in [7, 11) is 0. The summed E-state index contributed by atoms with van der Waals surface area (Å²) in [4.78, 5) is 9.43. The first kappa shape index (κ1) is 2.85. The molecular formula is C3H6NO. The molecule has 0 aliphatic heterocycles. The molecule has 0 fully saturated rings. The largest absolute Gasteiger partial charge is 0.321 e. The van der Waals surface area contributed by atoms with Gasteiger partial charge in [-0.05, 0) is 6.92 Å². The number of nitrogens with two attached hydrogens (primary N) is 1. The third-order valence-corrected chi connectivity index (χ3v) is 0.177. The third kappa shape index (κ3) is 3.63. The minimum Gasteiger partial charge on any atom is -0.321 e. The molecule has 0 aromatic rings. The standard InChI is InChI=1S/C3H6NO/c1-3(4)2-5/h3H,4H2,1H3/t3-/m0/s1/i/hD. The Labute approximate surface area is 32.4 Å². The molecule has 0 heterocycles. The monoisotopic (exact) mass is 73.1 g/mol. The molecule has 5 heavy (non-hydrogen) atoms. The van der Waals surface area contributed by atoms with E-state index in [1.54, 1.807) is 13.2 Å². The normalized spacial score (nSPS) is 16.6. The molecule has 2 heteroatoms. The van der Waals surface area contributed by atoms with E-state index in [0.717, 1.165) is 0 Å². The number of hydrogen-bond donors (Lipinski definition) is 1. The van der Waals surface area contributed by atoms with Crippen LogP contribution in [0.25, 0.3) is 0 Å². The average Bonchev–Trinajstić information content (AvgIpc) is 1.65. The van der Waals surface area contributed by atoms with Crippen molar-refractivity contribution in [3.8, 4) is 0 Å². The summed E-state index contributed by atoms with van der Waals surface area (Å²) in [5.74, 6) is 0. The van der Waals surface area contributed by atoms with Crippen molar-refractivity contribution in [2.24, 2.45) is 5.73 Å². The van der Waals surface area contributed by atoms with Crippen molar-refractivity contribution in [3.05, 3.63) is 0 Å². The van der Waals surface area contributed by atoms with Crippen LogP contribution in [-0.2, 0) is 4.79 Å². The summed E-state index contributed by atoms with van der Waals surface area (Å²) in [5.41, 5.74) is 1.94.